The predicted molar refractivity (Wildman–Crippen MR) is 112 cm³/mol. The first-order valence-corrected chi connectivity index (χ1v) is 11.2. The van der Waals surface area contributed by atoms with Crippen molar-refractivity contribution in [2.45, 2.75) is 31.6 Å². The molecule has 0 aromatic heterocycles. The fourth-order valence-electron chi connectivity index (χ4n) is 3.25. The minimum atomic E-state index is -3.83. The minimum Gasteiger partial charge on any atom is -0.326 e. The molecule has 0 saturated carbocycles. The molecule has 1 heterocycles. The van der Waals surface area contributed by atoms with Crippen molar-refractivity contribution >= 4 is 44.8 Å². The Bertz CT molecular complexity index is 1010. The van der Waals surface area contributed by atoms with Crippen LogP contribution in [0.2, 0.25) is 10.0 Å². The van der Waals surface area contributed by atoms with Gasteiger partial charge in [-0.2, -0.15) is 4.31 Å². The summed E-state index contributed by atoms with van der Waals surface area (Å²) in [4.78, 5) is 12.7. The van der Waals surface area contributed by atoms with Crippen molar-refractivity contribution in [3.8, 4) is 0 Å². The van der Waals surface area contributed by atoms with E-state index in [-0.39, 0.29) is 22.4 Å². The number of amides is 1. The lowest BCUT2D eigenvalue weighted by Gasteiger charge is -2.31. The van der Waals surface area contributed by atoms with Gasteiger partial charge in [0.25, 0.3) is 0 Å². The fraction of sp³-hybridized carbons (Fsp3) is 0.350. The van der Waals surface area contributed by atoms with Gasteiger partial charge in [-0.3, -0.25) is 4.79 Å². The highest BCUT2D eigenvalue weighted by Crippen LogP contribution is 2.30. The van der Waals surface area contributed by atoms with Gasteiger partial charge < -0.3 is 5.32 Å². The number of rotatable bonds is 4. The number of aryl methyl sites for hydroxylation is 2. The second kappa shape index (κ2) is 8.41. The van der Waals surface area contributed by atoms with Gasteiger partial charge in [-0.25, -0.2) is 8.42 Å². The maximum absolute atomic E-state index is 13.0. The quantitative estimate of drug-likeness (QED) is 0.751. The molecule has 5 nitrogen and oxygen atoms in total. The second-order valence-corrected chi connectivity index (χ2v) is 9.82. The molecule has 150 valence electrons. The van der Waals surface area contributed by atoms with Crippen molar-refractivity contribution < 1.29 is 13.2 Å². The largest absolute Gasteiger partial charge is 0.326 e. The maximum Gasteiger partial charge on any atom is 0.244 e. The van der Waals surface area contributed by atoms with Gasteiger partial charge in [0, 0.05) is 23.8 Å². The fourth-order valence-corrected chi connectivity index (χ4v) is 5.51. The molecule has 0 spiro atoms. The lowest BCUT2D eigenvalue weighted by atomic mass is 9.98. The van der Waals surface area contributed by atoms with Crippen molar-refractivity contribution in [1.82, 2.24) is 4.31 Å². The van der Waals surface area contributed by atoms with Crippen molar-refractivity contribution in [1.29, 1.82) is 0 Å². The lowest BCUT2D eigenvalue weighted by Crippen LogP contribution is -2.43. The van der Waals surface area contributed by atoms with Gasteiger partial charge >= 0.3 is 0 Å². The standard InChI is InChI=1S/C20H22Cl2N2O3S/c1-13-5-7-17(10-14(13)2)23-20(25)15-4-3-9-24(12-15)28(26,27)19-11-16(21)6-8-18(19)22/h5-8,10-11,15H,3-4,9,12H2,1-2H3,(H,23,25)/t15-/m1/s1. The predicted octanol–water partition coefficient (Wildman–Crippen LogP) is 4.65. The number of carbonyl (C=O) groups excluding carboxylic acids is 1. The highest BCUT2D eigenvalue weighted by atomic mass is 35.5. The number of benzene rings is 2. The van der Waals surface area contributed by atoms with Crippen LogP contribution < -0.4 is 5.32 Å². The van der Waals surface area contributed by atoms with E-state index in [1.54, 1.807) is 6.07 Å². The minimum absolute atomic E-state index is 0.0307. The van der Waals surface area contributed by atoms with E-state index in [1.165, 1.54) is 16.4 Å². The Balaban J connectivity index is 1.76. The third-order valence-corrected chi connectivity index (χ3v) is 7.62. The lowest BCUT2D eigenvalue weighted by molar-refractivity contribution is -0.120. The zero-order chi connectivity index (χ0) is 20.5. The van der Waals surface area contributed by atoms with Crippen LogP contribution in [0.1, 0.15) is 24.0 Å². The molecular weight excluding hydrogens is 419 g/mol. The van der Waals surface area contributed by atoms with Crippen LogP contribution in [-0.2, 0) is 14.8 Å². The monoisotopic (exact) mass is 440 g/mol. The number of nitrogens with one attached hydrogen (secondary N) is 1. The molecule has 1 N–H and O–H groups in total. The van der Waals surface area contributed by atoms with Crippen LogP contribution in [0.3, 0.4) is 0 Å². The van der Waals surface area contributed by atoms with Gasteiger partial charge in [0.1, 0.15) is 4.90 Å². The van der Waals surface area contributed by atoms with E-state index in [4.69, 9.17) is 23.2 Å². The average molecular weight is 441 g/mol. The SMILES string of the molecule is Cc1ccc(NC(=O)[C@@H]2CCCN(S(=O)(=O)c3cc(Cl)ccc3Cl)C2)cc1C. The molecule has 1 aliphatic heterocycles. The number of nitrogens with zero attached hydrogens (tertiary/aromatic N) is 1. The summed E-state index contributed by atoms with van der Waals surface area (Å²) in [5.74, 6) is -0.608. The molecule has 1 aliphatic rings. The van der Waals surface area contributed by atoms with E-state index in [9.17, 15) is 13.2 Å². The molecule has 8 heteroatoms. The number of sulfonamides is 1. The molecule has 1 fully saturated rings. The summed E-state index contributed by atoms with van der Waals surface area (Å²) >= 11 is 12.0. The molecule has 1 atom stereocenters. The van der Waals surface area contributed by atoms with Crippen LogP contribution >= 0.6 is 23.2 Å². The smallest absolute Gasteiger partial charge is 0.244 e. The van der Waals surface area contributed by atoms with Crippen LogP contribution in [0, 0.1) is 19.8 Å². The molecule has 0 unspecified atom stereocenters. The Morgan fingerprint density at radius 3 is 2.57 bits per heavy atom. The first-order chi connectivity index (χ1) is 13.2. The van der Waals surface area contributed by atoms with Crippen molar-refractivity contribution in [2.75, 3.05) is 18.4 Å². The van der Waals surface area contributed by atoms with E-state index in [1.807, 2.05) is 32.0 Å². The van der Waals surface area contributed by atoms with Gasteiger partial charge in [0.05, 0.1) is 10.9 Å². The Kier molecular flexibility index (Phi) is 6.34. The zero-order valence-corrected chi connectivity index (χ0v) is 18.0. The molecule has 3 rings (SSSR count). The number of carbonyl (C=O) groups is 1. The molecule has 2 aromatic rings. The molecule has 1 amide bonds. The molecule has 0 aliphatic carbocycles. The number of hydrogen-bond donors (Lipinski definition) is 1. The van der Waals surface area contributed by atoms with Gasteiger partial charge in [-0.15, -0.1) is 0 Å². The van der Waals surface area contributed by atoms with Crippen LogP contribution in [0.15, 0.2) is 41.3 Å². The van der Waals surface area contributed by atoms with Gasteiger partial charge in [0.15, 0.2) is 0 Å². The third kappa shape index (κ3) is 4.51. The number of anilines is 1. The summed E-state index contributed by atoms with van der Waals surface area (Å²) in [5.41, 5.74) is 2.94. The first kappa shape index (κ1) is 21.1. The van der Waals surface area contributed by atoms with E-state index >= 15 is 0 Å². The molecule has 28 heavy (non-hydrogen) atoms. The summed E-state index contributed by atoms with van der Waals surface area (Å²) in [5, 5.41) is 3.32. The molecular formula is C20H22Cl2N2O3S. The number of piperidine rings is 1. The summed E-state index contributed by atoms with van der Waals surface area (Å²) < 4.78 is 27.4. The summed E-state index contributed by atoms with van der Waals surface area (Å²) in [6.07, 6.45) is 1.23. The molecule has 0 radical (unpaired) electrons. The van der Waals surface area contributed by atoms with Crippen molar-refractivity contribution in [3.63, 3.8) is 0 Å². The zero-order valence-electron chi connectivity index (χ0n) is 15.7. The average Bonchev–Trinajstić information content (AvgIpc) is 2.66. The van der Waals surface area contributed by atoms with Crippen LogP contribution in [-0.4, -0.2) is 31.7 Å². The van der Waals surface area contributed by atoms with E-state index in [0.29, 0.717) is 30.1 Å². The topological polar surface area (TPSA) is 66.5 Å². The molecule has 2 aromatic carbocycles. The summed E-state index contributed by atoms with van der Waals surface area (Å²) in [6.45, 7) is 4.45. The van der Waals surface area contributed by atoms with Crippen LogP contribution in [0.5, 0.6) is 0 Å². The van der Waals surface area contributed by atoms with E-state index in [0.717, 1.165) is 11.1 Å². The van der Waals surface area contributed by atoms with Gasteiger partial charge in [0.2, 0.25) is 15.9 Å². The Hall–Kier alpha value is -1.60. The maximum atomic E-state index is 13.0. The van der Waals surface area contributed by atoms with E-state index < -0.39 is 15.9 Å². The van der Waals surface area contributed by atoms with Gasteiger partial charge in [-0.05, 0) is 68.1 Å². The van der Waals surface area contributed by atoms with Crippen molar-refractivity contribution in [3.05, 3.63) is 57.6 Å². The highest BCUT2D eigenvalue weighted by Gasteiger charge is 2.34. The Morgan fingerprint density at radius 2 is 1.86 bits per heavy atom. The number of hydrogen-bond acceptors (Lipinski definition) is 3. The highest BCUT2D eigenvalue weighted by molar-refractivity contribution is 7.89. The first-order valence-electron chi connectivity index (χ1n) is 9.02. The molecule has 1 saturated heterocycles. The van der Waals surface area contributed by atoms with Crippen LogP contribution in [0.4, 0.5) is 5.69 Å². The number of halogens is 2. The Labute approximate surface area is 175 Å². The van der Waals surface area contributed by atoms with Gasteiger partial charge in [-0.1, -0.05) is 29.3 Å². The Morgan fingerprint density at radius 1 is 1.11 bits per heavy atom. The summed E-state index contributed by atoms with van der Waals surface area (Å²) in [7, 11) is -3.83. The summed E-state index contributed by atoms with van der Waals surface area (Å²) in [6, 6.07) is 10.1. The molecule has 0 bridgehead atoms. The van der Waals surface area contributed by atoms with E-state index in [2.05, 4.69) is 5.32 Å². The third-order valence-electron chi connectivity index (χ3n) is 5.04. The second-order valence-electron chi connectivity index (χ2n) is 7.07. The van der Waals surface area contributed by atoms with Crippen LogP contribution in [0.25, 0.3) is 0 Å². The normalized spacial score (nSPS) is 18.1. The van der Waals surface area contributed by atoms with Crippen molar-refractivity contribution in [2.24, 2.45) is 5.92 Å².